The molecule has 0 saturated heterocycles. The predicted molar refractivity (Wildman–Crippen MR) is 96.3 cm³/mol. The number of carboxylic acids is 1. The van der Waals surface area contributed by atoms with Crippen molar-refractivity contribution in [3.8, 4) is 11.5 Å². The minimum Gasteiger partial charge on any atom is -0.493 e. The summed E-state index contributed by atoms with van der Waals surface area (Å²) in [5, 5.41) is 18.7. The molecule has 0 bridgehead atoms. The Labute approximate surface area is 154 Å². The molecule has 0 aliphatic heterocycles. The standard InChI is InChI=1S/C13H17N5O3S.C2H4O2/c1-20-9-3-2-8(6-10(9)21-5-4-14)12(19)16-7-11-17-18-13(15)22-11;1-2(3)4/h2-3,6H,4-5,7,14H2,1H3,(H2,15,18)(H,16,19);1H3,(H,3,4). The molecule has 1 amide bonds. The van der Waals surface area contributed by atoms with Gasteiger partial charge in [0.1, 0.15) is 11.6 Å². The van der Waals surface area contributed by atoms with E-state index in [1.165, 1.54) is 18.4 Å². The first-order chi connectivity index (χ1) is 12.4. The van der Waals surface area contributed by atoms with E-state index < -0.39 is 5.97 Å². The number of benzene rings is 1. The van der Waals surface area contributed by atoms with Crippen LogP contribution in [0.25, 0.3) is 0 Å². The van der Waals surface area contributed by atoms with E-state index in [1.54, 1.807) is 18.2 Å². The lowest BCUT2D eigenvalue weighted by atomic mass is 10.2. The predicted octanol–water partition coefficient (Wildman–Crippen LogP) is 0.487. The van der Waals surface area contributed by atoms with Gasteiger partial charge in [-0.3, -0.25) is 9.59 Å². The molecule has 0 spiro atoms. The van der Waals surface area contributed by atoms with Gasteiger partial charge in [-0.2, -0.15) is 0 Å². The van der Waals surface area contributed by atoms with E-state index in [4.69, 9.17) is 30.8 Å². The number of nitrogens with zero attached hydrogens (tertiary/aromatic N) is 2. The Morgan fingerprint density at radius 1 is 1.31 bits per heavy atom. The van der Waals surface area contributed by atoms with Crippen LogP contribution in [-0.2, 0) is 11.3 Å². The van der Waals surface area contributed by atoms with Crippen molar-refractivity contribution < 1.29 is 24.2 Å². The third-order valence-corrected chi connectivity index (χ3v) is 3.44. The summed E-state index contributed by atoms with van der Waals surface area (Å²) in [7, 11) is 1.53. The van der Waals surface area contributed by atoms with Crippen molar-refractivity contribution in [2.75, 3.05) is 26.0 Å². The normalized spacial score (nSPS) is 9.65. The third-order valence-electron chi connectivity index (χ3n) is 2.68. The van der Waals surface area contributed by atoms with E-state index in [2.05, 4.69) is 15.5 Å². The van der Waals surface area contributed by atoms with E-state index in [-0.39, 0.29) is 12.5 Å². The number of aromatic nitrogens is 2. The number of aliphatic carboxylic acids is 1. The maximum absolute atomic E-state index is 12.1. The number of carboxylic acid groups (broad SMARTS) is 1. The summed E-state index contributed by atoms with van der Waals surface area (Å²) < 4.78 is 10.6. The second kappa shape index (κ2) is 10.8. The summed E-state index contributed by atoms with van der Waals surface area (Å²) in [4.78, 5) is 21.1. The van der Waals surface area contributed by atoms with E-state index in [0.29, 0.717) is 40.4 Å². The van der Waals surface area contributed by atoms with Crippen LogP contribution in [-0.4, -0.2) is 47.4 Å². The third kappa shape index (κ3) is 7.32. The van der Waals surface area contributed by atoms with Crippen molar-refractivity contribution in [1.82, 2.24) is 15.5 Å². The monoisotopic (exact) mass is 383 g/mol. The SMILES string of the molecule is CC(=O)O.COc1ccc(C(=O)NCc2nnc(N)s2)cc1OCCN. The van der Waals surface area contributed by atoms with Gasteiger partial charge < -0.3 is 31.4 Å². The van der Waals surface area contributed by atoms with Crippen LogP contribution < -0.4 is 26.3 Å². The first-order valence-corrected chi connectivity index (χ1v) is 8.25. The Morgan fingerprint density at radius 3 is 2.54 bits per heavy atom. The average Bonchev–Trinajstić information content (AvgIpc) is 3.02. The van der Waals surface area contributed by atoms with Crippen molar-refractivity contribution >= 4 is 28.3 Å². The lowest BCUT2D eigenvalue weighted by molar-refractivity contribution is -0.134. The molecule has 142 valence electrons. The zero-order valence-electron chi connectivity index (χ0n) is 14.4. The molecule has 0 atom stereocenters. The highest BCUT2D eigenvalue weighted by atomic mass is 32.1. The average molecular weight is 383 g/mol. The Kier molecular flexibility index (Phi) is 8.81. The van der Waals surface area contributed by atoms with E-state index >= 15 is 0 Å². The summed E-state index contributed by atoms with van der Waals surface area (Å²) in [6.45, 7) is 2.06. The van der Waals surface area contributed by atoms with Gasteiger partial charge in [0, 0.05) is 19.0 Å². The van der Waals surface area contributed by atoms with Crippen molar-refractivity contribution in [3.63, 3.8) is 0 Å². The number of carbonyl (C=O) groups is 2. The first-order valence-electron chi connectivity index (χ1n) is 7.43. The molecule has 0 aliphatic rings. The number of carbonyl (C=O) groups excluding carboxylic acids is 1. The summed E-state index contributed by atoms with van der Waals surface area (Å²) in [5.41, 5.74) is 11.3. The Hall–Kier alpha value is -2.92. The number of anilines is 1. The summed E-state index contributed by atoms with van der Waals surface area (Å²) >= 11 is 1.23. The molecule has 0 unspecified atom stereocenters. The van der Waals surface area contributed by atoms with Gasteiger partial charge in [-0.25, -0.2) is 0 Å². The summed E-state index contributed by atoms with van der Waals surface area (Å²) in [5.74, 6) is -0.0725. The van der Waals surface area contributed by atoms with Crippen LogP contribution in [0.5, 0.6) is 11.5 Å². The molecule has 2 aromatic rings. The van der Waals surface area contributed by atoms with Gasteiger partial charge in [0.25, 0.3) is 11.9 Å². The van der Waals surface area contributed by atoms with Gasteiger partial charge in [0.05, 0.1) is 13.7 Å². The number of methoxy groups -OCH3 is 1. The molecule has 26 heavy (non-hydrogen) atoms. The molecular weight excluding hydrogens is 362 g/mol. The summed E-state index contributed by atoms with van der Waals surface area (Å²) in [6.07, 6.45) is 0. The zero-order valence-corrected chi connectivity index (χ0v) is 15.2. The molecule has 6 N–H and O–H groups in total. The number of nitrogens with two attached hydrogens (primary N) is 2. The van der Waals surface area contributed by atoms with Crippen LogP contribution >= 0.6 is 11.3 Å². The topological polar surface area (TPSA) is 163 Å². The highest BCUT2D eigenvalue weighted by Gasteiger charge is 2.12. The fraction of sp³-hybridized carbons (Fsp3) is 0.333. The molecule has 11 heteroatoms. The van der Waals surface area contributed by atoms with Gasteiger partial charge in [-0.1, -0.05) is 11.3 Å². The highest BCUT2D eigenvalue weighted by molar-refractivity contribution is 7.15. The number of nitrogen functional groups attached to an aromatic ring is 1. The first kappa shape index (κ1) is 21.1. The van der Waals surface area contributed by atoms with Gasteiger partial charge >= 0.3 is 0 Å². The fourth-order valence-corrected chi connectivity index (χ4v) is 2.24. The molecule has 0 fully saturated rings. The molecule has 2 rings (SSSR count). The number of hydrogen-bond donors (Lipinski definition) is 4. The van der Waals surface area contributed by atoms with Crippen LogP contribution in [0.15, 0.2) is 18.2 Å². The van der Waals surface area contributed by atoms with Gasteiger partial charge in [-0.05, 0) is 18.2 Å². The highest BCUT2D eigenvalue weighted by Crippen LogP contribution is 2.28. The van der Waals surface area contributed by atoms with Crippen LogP contribution in [0.1, 0.15) is 22.3 Å². The Balaban J connectivity index is 0.000000765. The molecule has 0 saturated carbocycles. The molecule has 10 nitrogen and oxygen atoms in total. The lowest BCUT2D eigenvalue weighted by Gasteiger charge is -2.11. The quantitative estimate of drug-likeness (QED) is 0.532. The van der Waals surface area contributed by atoms with E-state index in [1.807, 2.05) is 0 Å². The zero-order chi connectivity index (χ0) is 19.5. The second-order valence-corrected chi connectivity index (χ2v) is 5.83. The van der Waals surface area contributed by atoms with Crippen LogP contribution in [0, 0.1) is 0 Å². The number of rotatable bonds is 7. The van der Waals surface area contributed by atoms with Crippen molar-refractivity contribution in [3.05, 3.63) is 28.8 Å². The second-order valence-electron chi connectivity index (χ2n) is 4.74. The Morgan fingerprint density at radius 2 is 2.00 bits per heavy atom. The molecule has 0 radical (unpaired) electrons. The lowest BCUT2D eigenvalue weighted by Crippen LogP contribution is -2.22. The Bertz CT molecular complexity index is 733. The van der Waals surface area contributed by atoms with Crippen molar-refractivity contribution in [1.29, 1.82) is 0 Å². The van der Waals surface area contributed by atoms with Crippen LogP contribution in [0.4, 0.5) is 5.13 Å². The minimum absolute atomic E-state index is 0.256. The van der Waals surface area contributed by atoms with Crippen LogP contribution in [0.2, 0.25) is 0 Å². The number of amides is 1. The van der Waals surface area contributed by atoms with Gasteiger partial charge in [0.15, 0.2) is 11.5 Å². The minimum atomic E-state index is -0.833. The smallest absolute Gasteiger partial charge is 0.300 e. The van der Waals surface area contributed by atoms with Gasteiger partial charge in [0.2, 0.25) is 5.13 Å². The number of ether oxygens (including phenoxy) is 2. The van der Waals surface area contributed by atoms with Gasteiger partial charge in [-0.15, -0.1) is 10.2 Å². The number of nitrogens with one attached hydrogen (secondary N) is 1. The molecule has 1 aromatic carbocycles. The maximum atomic E-state index is 12.1. The van der Waals surface area contributed by atoms with Crippen LogP contribution in [0.3, 0.4) is 0 Å². The number of hydrogen-bond acceptors (Lipinski definition) is 9. The largest absolute Gasteiger partial charge is 0.493 e. The summed E-state index contributed by atoms with van der Waals surface area (Å²) in [6, 6.07) is 4.93. The molecular formula is C15H21N5O5S. The van der Waals surface area contributed by atoms with E-state index in [0.717, 1.165) is 6.92 Å². The fourth-order valence-electron chi connectivity index (χ4n) is 1.70. The molecule has 1 aromatic heterocycles. The maximum Gasteiger partial charge on any atom is 0.300 e. The van der Waals surface area contributed by atoms with Crippen molar-refractivity contribution in [2.45, 2.75) is 13.5 Å². The molecule has 1 heterocycles. The van der Waals surface area contributed by atoms with E-state index in [9.17, 15) is 4.79 Å². The molecule has 0 aliphatic carbocycles. The van der Waals surface area contributed by atoms with Crippen molar-refractivity contribution in [2.24, 2.45) is 5.73 Å².